The molecule has 124 valence electrons. The Hall–Kier alpha value is -1.94. The minimum absolute atomic E-state index is 0.146. The number of aryl methyl sites for hydroxylation is 1. The zero-order valence-electron chi connectivity index (χ0n) is 13.1. The van der Waals surface area contributed by atoms with Crippen molar-refractivity contribution in [2.75, 3.05) is 38.5 Å². The number of amides is 1. The number of thioether (sulfide) groups is 1. The molecule has 1 aliphatic heterocycles. The number of hydrogen-bond donors (Lipinski definition) is 0. The fourth-order valence-electron chi connectivity index (χ4n) is 2.46. The molecule has 0 atom stereocenters. The number of carbonyl (C=O) groups is 1. The maximum absolute atomic E-state index is 12.3. The summed E-state index contributed by atoms with van der Waals surface area (Å²) < 4.78 is 3.65. The molecule has 10 heteroatoms. The molecular weight excluding hydrogens is 316 g/mol. The first-order valence-electron chi connectivity index (χ1n) is 7.53. The molecule has 3 heterocycles. The lowest BCUT2D eigenvalue weighted by molar-refractivity contribution is -0.130. The van der Waals surface area contributed by atoms with Crippen LogP contribution < -0.4 is 0 Å². The van der Waals surface area contributed by atoms with Gasteiger partial charge in [0, 0.05) is 58.7 Å². The van der Waals surface area contributed by atoms with E-state index in [0.29, 0.717) is 10.9 Å². The lowest BCUT2D eigenvalue weighted by Crippen LogP contribution is -2.49. The highest BCUT2D eigenvalue weighted by Crippen LogP contribution is 2.14. The largest absolute Gasteiger partial charge is 0.339 e. The Morgan fingerprint density at radius 3 is 2.74 bits per heavy atom. The van der Waals surface area contributed by atoms with Crippen molar-refractivity contribution >= 4 is 17.7 Å². The highest BCUT2D eigenvalue weighted by Gasteiger charge is 2.21. The molecule has 0 radical (unpaired) electrons. The monoisotopic (exact) mass is 336 g/mol. The highest BCUT2D eigenvalue weighted by molar-refractivity contribution is 7.99. The van der Waals surface area contributed by atoms with Crippen molar-refractivity contribution in [2.24, 2.45) is 7.05 Å². The van der Waals surface area contributed by atoms with Crippen LogP contribution in [0.5, 0.6) is 0 Å². The molecule has 0 bridgehead atoms. The van der Waals surface area contributed by atoms with Crippen LogP contribution in [0.3, 0.4) is 0 Å². The van der Waals surface area contributed by atoms with Gasteiger partial charge in [-0.2, -0.15) is 0 Å². The zero-order valence-corrected chi connectivity index (χ0v) is 13.9. The summed E-state index contributed by atoms with van der Waals surface area (Å²) in [4.78, 5) is 20.6. The summed E-state index contributed by atoms with van der Waals surface area (Å²) in [7, 11) is 1.77. The normalized spacial score (nSPS) is 16.0. The molecule has 3 rings (SSSR count). The van der Waals surface area contributed by atoms with Crippen molar-refractivity contribution in [1.29, 1.82) is 0 Å². The van der Waals surface area contributed by atoms with Gasteiger partial charge in [0.2, 0.25) is 11.1 Å². The summed E-state index contributed by atoms with van der Waals surface area (Å²) in [5.41, 5.74) is 0. The van der Waals surface area contributed by atoms with Gasteiger partial charge in [-0.05, 0) is 10.4 Å². The highest BCUT2D eigenvalue weighted by atomic mass is 32.2. The molecule has 0 spiro atoms. The Bertz CT molecular complexity index is 620. The van der Waals surface area contributed by atoms with Gasteiger partial charge in [0.25, 0.3) is 0 Å². The third kappa shape index (κ3) is 4.29. The van der Waals surface area contributed by atoms with E-state index in [2.05, 4.69) is 30.0 Å². The van der Waals surface area contributed by atoms with Crippen LogP contribution in [-0.2, 0) is 18.4 Å². The van der Waals surface area contributed by atoms with E-state index in [1.54, 1.807) is 17.9 Å². The Balaban J connectivity index is 1.38. The van der Waals surface area contributed by atoms with E-state index in [0.717, 1.165) is 39.3 Å². The number of carbonyl (C=O) groups excluding carboxylic acids is 1. The van der Waals surface area contributed by atoms with Crippen LogP contribution in [-0.4, -0.2) is 83.9 Å². The molecule has 1 fully saturated rings. The van der Waals surface area contributed by atoms with Crippen molar-refractivity contribution in [3.05, 3.63) is 18.7 Å². The van der Waals surface area contributed by atoms with E-state index in [-0.39, 0.29) is 5.91 Å². The second-order valence-electron chi connectivity index (χ2n) is 5.40. The minimum atomic E-state index is 0.146. The predicted molar refractivity (Wildman–Crippen MR) is 84.8 cm³/mol. The summed E-state index contributed by atoms with van der Waals surface area (Å²) in [5, 5.41) is 11.9. The molecule has 0 aliphatic carbocycles. The smallest absolute Gasteiger partial charge is 0.233 e. The average molecular weight is 336 g/mol. The third-order valence-electron chi connectivity index (χ3n) is 3.86. The first kappa shape index (κ1) is 15.9. The lowest BCUT2D eigenvalue weighted by atomic mass is 10.3. The maximum Gasteiger partial charge on any atom is 0.233 e. The SMILES string of the molecule is Cn1nnnc1SCC(=O)N1CCN(CCn2ccnc2)CC1. The number of piperazine rings is 1. The van der Waals surface area contributed by atoms with Crippen LogP contribution in [0.4, 0.5) is 0 Å². The van der Waals surface area contributed by atoms with Gasteiger partial charge < -0.3 is 9.47 Å². The third-order valence-corrected chi connectivity index (χ3v) is 4.86. The number of hydrogen-bond acceptors (Lipinski definition) is 7. The van der Waals surface area contributed by atoms with E-state index >= 15 is 0 Å². The topological polar surface area (TPSA) is 85.0 Å². The van der Waals surface area contributed by atoms with Crippen LogP contribution in [0, 0.1) is 0 Å². The summed E-state index contributed by atoms with van der Waals surface area (Å²) in [5.74, 6) is 0.524. The molecular formula is C13H20N8OS. The number of rotatable bonds is 6. The van der Waals surface area contributed by atoms with E-state index in [1.165, 1.54) is 11.8 Å². The molecule has 2 aromatic heterocycles. The van der Waals surface area contributed by atoms with E-state index in [4.69, 9.17) is 0 Å². The molecule has 0 N–H and O–H groups in total. The molecule has 0 aromatic carbocycles. The molecule has 0 saturated carbocycles. The van der Waals surface area contributed by atoms with Gasteiger partial charge in [0.15, 0.2) is 0 Å². The lowest BCUT2D eigenvalue weighted by Gasteiger charge is -2.34. The molecule has 1 amide bonds. The van der Waals surface area contributed by atoms with E-state index in [9.17, 15) is 4.79 Å². The minimum Gasteiger partial charge on any atom is -0.339 e. The van der Waals surface area contributed by atoms with Crippen molar-refractivity contribution in [3.63, 3.8) is 0 Å². The van der Waals surface area contributed by atoms with Gasteiger partial charge in [-0.25, -0.2) is 9.67 Å². The Labute approximate surface area is 138 Å². The fraction of sp³-hybridized carbons (Fsp3) is 0.615. The van der Waals surface area contributed by atoms with Gasteiger partial charge in [-0.1, -0.05) is 11.8 Å². The quantitative estimate of drug-likeness (QED) is 0.648. The van der Waals surface area contributed by atoms with Crippen LogP contribution in [0.1, 0.15) is 0 Å². The molecule has 1 saturated heterocycles. The van der Waals surface area contributed by atoms with Crippen LogP contribution in [0.15, 0.2) is 23.9 Å². The van der Waals surface area contributed by atoms with Gasteiger partial charge >= 0.3 is 0 Å². The van der Waals surface area contributed by atoms with E-state index < -0.39 is 0 Å². The Morgan fingerprint density at radius 1 is 1.26 bits per heavy atom. The van der Waals surface area contributed by atoms with Crippen molar-refractivity contribution in [1.82, 2.24) is 39.6 Å². The predicted octanol–water partition coefficient (Wildman–Crippen LogP) is -0.657. The second-order valence-corrected chi connectivity index (χ2v) is 6.34. The first-order chi connectivity index (χ1) is 11.2. The summed E-state index contributed by atoms with van der Waals surface area (Å²) in [6.45, 7) is 5.30. The summed E-state index contributed by atoms with van der Waals surface area (Å²) in [6.07, 6.45) is 5.59. The summed E-state index contributed by atoms with van der Waals surface area (Å²) >= 11 is 1.38. The first-order valence-corrected chi connectivity index (χ1v) is 8.52. The van der Waals surface area contributed by atoms with Gasteiger partial charge in [0.1, 0.15) is 0 Å². The van der Waals surface area contributed by atoms with Gasteiger partial charge in [0.05, 0.1) is 12.1 Å². The van der Waals surface area contributed by atoms with Gasteiger partial charge in [-0.15, -0.1) is 5.10 Å². The molecule has 1 aliphatic rings. The molecule has 2 aromatic rings. The number of imidazole rings is 1. The second kappa shape index (κ2) is 7.55. The van der Waals surface area contributed by atoms with E-state index in [1.807, 2.05) is 17.4 Å². The van der Waals surface area contributed by atoms with Crippen molar-refractivity contribution in [3.8, 4) is 0 Å². The zero-order chi connectivity index (χ0) is 16.1. The number of aromatic nitrogens is 6. The maximum atomic E-state index is 12.3. The van der Waals surface area contributed by atoms with Crippen molar-refractivity contribution < 1.29 is 4.79 Å². The van der Waals surface area contributed by atoms with Crippen LogP contribution in [0.25, 0.3) is 0 Å². The van der Waals surface area contributed by atoms with Crippen molar-refractivity contribution in [2.45, 2.75) is 11.7 Å². The Kier molecular flexibility index (Phi) is 5.23. The molecule has 0 unspecified atom stereocenters. The van der Waals surface area contributed by atoms with Crippen LogP contribution >= 0.6 is 11.8 Å². The number of tetrazole rings is 1. The standard InChI is InChI=1S/C13H20N8OS/c1-18-13(15-16-17-18)23-10-12(22)21-8-6-19(7-9-21)4-5-20-3-2-14-11-20/h2-3,11H,4-10H2,1H3. The summed E-state index contributed by atoms with van der Waals surface area (Å²) in [6, 6.07) is 0. The molecule has 23 heavy (non-hydrogen) atoms. The molecule has 9 nitrogen and oxygen atoms in total. The van der Waals surface area contributed by atoms with Gasteiger partial charge in [-0.3, -0.25) is 9.69 Å². The average Bonchev–Trinajstić information content (AvgIpc) is 3.23. The van der Waals surface area contributed by atoms with Crippen LogP contribution in [0.2, 0.25) is 0 Å². The fourth-order valence-corrected chi connectivity index (χ4v) is 3.21. The number of nitrogens with zero attached hydrogens (tertiary/aromatic N) is 8. The Morgan fingerprint density at radius 2 is 2.09 bits per heavy atom.